The number of amides is 2. The van der Waals surface area contributed by atoms with Gasteiger partial charge in [0.2, 0.25) is 5.91 Å². The standard InChI is InChI=1S/C30H24Br2ClN3O6S/c1-19-7-13-25(14-8-19)43(41,42)34(2)29(37)18-28(20-9-11-23(12-10-20)36(39)40)35(24-16-21(31)15-22(32)17-24)30(38)26-5-3-4-6-27(26)33/h3-17,28H,18H2,1-2H3/t28-/m1/s1. The molecule has 0 heterocycles. The Morgan fingerprint density at radius 2 is 1.51 bits per heavy atom. The van der Waals surface area contributed by atoms with E-state index in [0.29, 0.717) is 24.5 Å². The lowest BCUT2D eigenvalue weighted by Gasteiger charge is -2.33. The van der Waals surface area contributed by atoms with E-state index in [2.05, 4.69) is 31.9 Å². The molecule has 222 valence electrons. The Morgan fingerprint density at radius 3 is 2.07 bits per heavy atom. The van der Waals surface area contributed by atoms with Crippen LogP contribution < -0.4 is 4.90 Å². The minimum absolute atomic E-state index is 0.0687. The zero-order valence-corrected chi connectivity index (χ0v) is 27.5. The highest BCUT2D eigenvalue weighted by Gasteiger charge is 2.35. The van der Waals surface area contributed by atoms with E-state index in [4.69, 9.17) is 11.6 Å². The fraction of sp³-hybridized carbons (Fsp3) is 0.133. The average molecular weight is 750 g/mol. The van der Waals surface area contributed by atoms with Gasteiger partial charge in [-0.05, 0) is 55.0 Å². The molecule has 0 fully saturated rings. The van der Waals surface area contributed by atoms with Crippen LogP contribution in [-0.2, 0) is 14.8 Å². The number of hydrogen-bond acceptors (Lipinski definition) is 6. The molecule has 0 aliphatic carbocycles. The Morgan fingerprint density at radius 1 is 0.930 bits per heavy atom. The first kappa shape index (κ1) is 32.3. The van der Waals surface area contributed by atoms with Gasteiger partial charge >= 0.3 is 0 Å². The van der Waals surface area contributed by atoms with E-state index in [1.54, 1.807) is 48.5 Å². The van der Waals surface area contributed by atoms with E-state index in [9.17, 15) is 28.1 Å². The third-order valence-corrected chi connectivity index (χ3v) is 9.69. The minimum Gasteiger partial charge on any atom is -0.300 e. The number of anilines is 1. The molecule has 0 aliphatic rings. The van der Waals surface area contributed by atoms with Gasteiger partial charge in [0.05, 0.1) is 32.9 Å². The van der Waals surface area contributed by atoms with E-state index in [-0.39, 0.29) is 21.2 Å². The van der Waals surface area contributed by atoms with Gasteiger partial charge in [-0.1, -0.05) is 85.4 Å². The highest BCUT2D eigenvalue weighted by molar-refractivity contribution is 9.11. The molecule has 4 rings (SSSR count). The first-order valence-corrected chi connectivity index (χ1v) is 16.1. The van der Waals surface area contributed by atoms with Crippen LogP contribution in [0.4, 0.5) is 11.4 Å². The number of nitrogens with zero attached hydrogens (tertiary/aromatic N) is 3. The Balaban J connectivity index is 1.87. The van der Waals surface area contributed by atoms with Crippen molar-refractivity contribution in [3.63, 3.8) is 0 Å². The maximum Gasteiger partial charge on any atom is 0.269 e. The number of rotatable bonds is 9. The summed E-state index contributed by atoms with van der Waals surface area (Å²) in [6, 6.07) is 21.8. The molecule has 9 nitrogen and oxygen atoms in total. The summed E-state index contributed by atoms with van der Waals surface area (Å²) in [4.78, 5) is 40.0. The van der Waals surface area contributed by atoms with Crippen LogP contribution in [0.3, 0.4) is 0 Å². The quantitative estimate of drug-likeness (QED) is 0.128. The molecule has 0 aliphatic heterocycles. The van der Waals surface area contributed by atoms with Crippen LogP contribution >= 0.6 is 43.5 Å². The number of benzene rings is 4. The molecule has 0 bridgehead atoms. The van der Waals surface area contributed by atoms with Crippen LogP contribution in [0.5, 0.6) is 0 Å². The summed E-state index contributed by atoms with van der Waals surface area (Å²) in [7, 11) is -3.08. The van der Waals surface area contributed by atoms with Gasteiger partial charge in [-0.15, -0.1) is 0 Å². The fourth-order valence-corrected chi connectivity index (χ4v) is 6.98. The third kappa shape index (κ3) is 7.32. The predicted molar refractivity (Wildman–Crippen MR) is 172 cm³/mol. The number of sulfonamides is 1. The smallest absolute Gasteiger partial charge is 0.269 e. The van der Waals surface area contributed by atoms with Crippen molar-refractivity contribution in [3.8, 4) is 0 Å². The Bertz CT molecular complexity index is 1780. The molecule has 0 spiro atoms. The van der Waals surface area contributed by atoms with Crippen LogP contribution in [0.2, 0.25) is 5.02 Å². The highest BCUT2D eigenvalue weighted by atomic mass is 79.9. The number of nitro groups is 1. The lowest BCUT2D eigenvalue weighted by atomic mass is 9.98. The van der Waals surface area contributed by atoms with Crippen molar-refractivity contribution >= 4 is 76.7 Å². The second-order valence-corrected chi connectivity index (χ2v) is 13.7. The predicted octanol–water partition coefficient (Wildman–Crippen LogP) is 7.71. The molecule has 2 amide bonds. The summed E-state index contributed by atoms with van der Waals surface area (Å²) in [5, 5.41) is 11.5. The molecule has 0 aromatic heterocycles. The van der Waals surface area contributed by atoms with Crippen molar-refractivity contribution in [2.75, 3.05) is 11.9 Å². The molecule has 0 unspecified atom stereocenters. The molecule has 13 heteroatoms. The summed E-state index contributed by atoms with van der Waals surface area (Å²) >= 11 is 13.3. The maximum absolute atomic E-state index is 14.2. The largest absolute Gasteiger partial charge is 0.300 e. The van der Waals surface area contributed by atoms with E-state index in [0.717, 1.165) is 12.6 Å². The van der Waals surface area contributed by atoms with E-state index < -0.39 is 39.2 Å². The van der Waals surface area contributed by atoms with E-state index in [1.807, 2.05) is 6.92 Å². The zero-order chi connectivity index (χ0) is 31.5. The van der Waals surface area contributed by atoms with Gasteiger partial charge in [-0.25, -0.2) is 12.7 Å². The lowest BCUT2D eigenvalue weighted by Crippen LogP contribution is -2.40. The van der Waals surface area contributed by atoms with Gasteiger partial charge in [0.25, 0.3) is 21.6 Å². The number of carbonyl (C=O) groups is 2. The van der Waals surface area contributed by atoms with Crippen molar-refractivity contribution in [2.45, 2.75) is 24.3 Å². The Kier molecular flexibility index (Phi) is 10.1. The number of halogens is 3. The maximum atomic E-state index is 14.2. The van der Waals surface area contributed by atoms with Crippen LogP contribution in [0.25, 0.3) is 0 Å². The van der Waals surface area contributed by atoms with Crippen LogP contribution in [0.15, 0.2) is 105 Å². The van der Waals surface area contributed by atoms with Gasteiger partial charge in [-0.3, -0.25) is 19.7 Å². The molecule has 0 radical (unpaired) electrons. The molecule has 1 atom stereocenters. The second kappa shape index (κ2) is 13.4. The minimum atomic E-state index is -4.23. The van der Waals surface area contributed by atoms with Crippen LogP contribution in [0.1, 0.15) is 33.9 Å². The monoisotopic (exact) mass is 747 g/mol. The average Bonchev–Trinajstić information content (AvgIpc) is 2.96. The first-order valence-electron chi connectivity index (χ1n) is 12.7. The molecular formula is C30H24Br2ClN3O6S. The number of aryl methyl sites for hydroxylation is 1. The summed E-state index contributed by atoms with van der Waals surface area (Å²) in [5.41, 5.74) is 1.50. The summed E-state index contributed by atoms with van der Waals surface area (Å²) < 4.78 is 28.6. The number of carbonyl (C=O) groups excluding carboxylic acids is 2. The zero-order valence-electron chi connectivity index (χ0n) is 22.8. The Labute approximate surface area is 270 Å². The molecular weight excluding hydrogens is 726 g/mol. The highest BCUT2D eigenvalue weighted by Crippen LogP contribution is 2.37. The molecule has 4 aromatic rings. The molecule has 43 heavy (non-hydrogen) atoms. The Hall–Kier alpha value is -3.58. The number of non-ortho nitro benzene ring substituents is 1. The normalized spacial score (nSPS) is 11.9. The molecule has 0 saturated carbocycles. The van der Waals surface area contributed by atoms with Crippen molar-refractivity contribution in [1.29, 1.82) is 0 Å². The third-order valence-electron chi connectivity index (χ3n) is 6.65. The molecule has 0 N–H and O–H groups in total. The van der Waals surface area contributed by atoms with E-state index >= 15 is 0 Å². The summed E-state index contributed by atoms with van der Waals surface area (Å²) in [6.45, 7) is 1.81. The van der Waals surface area contributed by atoms with Crippen molar-refractivity contribution < 1.29 is 22.9 Å². The number of nitro benzene ring substituents is 1. The van der Waals surface area contributed by atoms with Gasteiger partial charge in [0, 0.05) is 33.8 Å². The molecule has 4 aromatic carbocycles. The van der Waals surface area contributed by atoms with E-state index in [1.165, 1.54) is 47.4 Å². The van der Waals surface area contributed by atoms with Crippen molar-refractivity contribution in [3.05, 3.63) is 132 Å². The second-order valence-electron chi connectivity index (χ2n) is 9.53. The molecule has 0 saturated heterocycles. The number of hydrogen-bond donors (Lipinski definition) is 0. The van der Waals surface area contributed by atoms with Gasteiger partial charge < -0.3 is 4.90 Å². The topological polar surface area (TPSA) is 118 Å². The van der Waals surface area contributed by atoms with Gasteiger partial charge in [0.1, 0.15) is 0 Å². The SMILES string of the molecule is Cc1ccc(S(=O)(=O)N(C)C(=O)C[C@H](c2ccc([N+](=O)[O-])cc2)N(C(=O)c2ccccc2Cl)c2cc(Br)cc(Br)c2)cc1. The van der Waals surface area contributed by atoms with Gasteiger partial charge in [0.15, 0.2) is 0 Å². The van der Waals surface area contributed by atoms with Crippen LogP contribution in [-0.4, -0.2) is 36.5 Å². The van der Waals surface area contributed by atoms with Crippen LogP contribution in [0, 0.1) is 17.0 Å². The fourth-order valence-electron chi connectivity index (χ4n) is 4.35. The summed E-state index contributed by atoms with van der Waals surface area (Å²) in [6.07, 6.45) is -0.486. The van der Waals surface area contributed by atoms with Crippen molar-refractivity contribution in [1.82, 2.24) is 4.31 Å². The lowest BCUT2D eigenvalue weighted by molar-refractivity contribution is -0.384. The van der Waals surface area contributed by atoms with Gasteiger partial charge in [-0.2, -0.15) is 0 Å². The first-order chi connectivity index (χ1) is 20.3. The van der Waals surface area contributed by atoms with Crippen molar-refractivity contribution in [2.24, 2.45) is 0 Å². The summed E-state index contributed by atoms with van der Waals surface area (Å²) in [5.74, 6) is -1.38.